The van der Waals surface area contributed by atoms with E-state index in [0.717, 1.165) is 64.2 Å². The molecule has 0 aromatic carbocycles. The summed E-state index contributed by atoms with van der Waals surface area (Å²) in [6.07, 6.45) is 59.0. The Balaban J connectivity index is 2.55. The van der Waals surface area contributed by atoms with E-state index in [1.54, 1.807) is 6.08 Å². The van der Waals surface area contributed by atoms with Crippen LogP contribution in [-0.2, 0) is 23.8 Å². The predicted octanol–water partition coefficient (Wildman–Crippen LogP) is 17.0. The highest BCUT2D eigenvalue weighted by Gasteiger charge is 2.47. The fraction of sp³-hybridized carbons (Fsp3) is 0.884. The van der Waals surface area contributed by atoms with Crippen molar-refractivity contribution in [2.45, 2.75) is 378 Å². The van der Waals surface area contributed by atoms with Gasteiger partial charge >= 0.3 is 5.97 Å². The lowest BCUT2D eigenvalue weighted by Gasteiger charge is -2.41. The Morgan fingerprint density at radius 1 is 0.487 bits per heavy atom. The van der Waals surface area contributed by atoms with E-state index in [4.69, 9.17) is 14.2 Å². The molecule has 0 radical (unpaired) electrons. The highest BCUT2D eigenvalue weighted by atomic mass is 16.7. The molecular weight excluding hydrogens is 1000 g/mol. The van der Waals surface area contributed by atoms with Crippen LogP contribution >= 0.6 is 0 Å². The average molecular weight is 1130 g/mol. The minimum atomic E-state index is -1.61. The molecule has 0 bridgehead atoms. The molecule has 1 amide bonds. The number of hydrogen-bond donors (Lipinski definition) is 6. The summed E-state index contributed by atoms with van der Waals surface area (Å²) in [4.78, 5) is 26.6. The lowest BCUT2D eigenvalue weighted by Crippen LogP contribution is -2.61. The van der Waals surface area contributed by atoms with Crippen molar-refractivity contribution in [2.24, 2.45) is 0 Å². The van der Waals surface area contributed by atoms with Crippen molar-refractivity contribution in [3.8, 4) is 0 Å². The first-order valence-corrected chi connectivity index (χ1v) is 34.3. The minimum Gasteiger partial charge on any atom is -0.454 e. The van der Waals surface area contributed by atoms with Crippen LogP contribution in [0.15, 0.2) is 36.5 Å². The Kier molecular flexibility index (Phi) is 54.4. The molecule has 470 valence electrons. The van der Waals surface area contributed by atoms with E-state index in [-0.39, 0.29) is 13.0 Å². The first kappa shape index (κ1) is 75.9. The van der Waals surface area contributed by atoms with Crippen LogP contribution in [0.4, 0.5) is 0 Å². The van der Waals surface area contributed by atoms with Gasteiger partial charge in [0.25, 0.3) is 0 Å². The van der Waals surface area contributed by atoms with Gasteiger partial charge in [0.15, 0.2) is 12.4 Å². The summed E-state index contributed by atoms with van der Waals surface area (Å²) < 4.78 is 17.7. The highest BCUT2D eigenvalue weighted by molar-refractivity contribution is 5.80. The Morgan fingerprint density at radius 3 is 1.30 bits per heavy atom. The van der Waals surface area contributed by atoms with E-state index < -0.39 is 67.4 Å². The zero-order chi connectivity index (χ0) is 58.2. The quantitative estimate of drug-likeness (QED) is 0.0195. The molecule has 1 fully saturated rings. The topological polar surface area (TPSA) is 175 Å². The van der Waals surface area contributed by atoms with Gasteiger partial charge in [0.1, 0.15) is 24.4 Å². The second-order valence-electron chi connectivity index (χ2n) is 23.9. The van der Waals surface area contributed by atoms with Crippen LogP contribution in [0.5, 0.6) is 0 Å². The molecule has 11 nitrogen and oxygen atoms in total. The predicted molar refractivity (Wildman–Crippen MR) is 334 cm³/mol. The molecule has 0 saturated carbocycles. The Bertz CT molecular complexity index is 1440. The number of allylic oxidation sites excluding steroid dienone is 5. The first-order valence-electron chi connectivity index (χ1n) is 34.3. The molecule has 11 heteroatoms. The number of hydrogen-bond acceptors (Lipinski definition) is 10. The number of aliphatic hydroxyl groups is 5. The summed E-state index contributed by atoms with van der Waals surface area (Å²) in [7, 11) is 0. The molecule has 0 aromatic rings. The first-order chi connectivity index (χ1) is 39.2. The largest absolute Gasteiger partial charge is 0.454 e. The van der Waals surface area contributed by atoms with Crippen molar-refractivity contribution in [1.82, 2.24) is 5.32 Å². The smallest absolute Gasteiger partial charge is 0.306 e. The SMILES string of the molecule is CCCCC/C=C\C/C=C\CCCCCCCCCCCCCCCCCC(=O)OC1C(OCC(NC(=O)C(O)CCCCCCCCCCCCCCCC)C(O)/C=C/CCCCCCCCCCCC)OC(CO)C(O)C1O. The van der Waals surface area contributed by atoms with Gasteiger partial charge < -0.3 is 45.1 Å². The maximum absolute atomic E-state index is 13.4. The van der Waals surface area contributed by atoms with E-state index in [1.807, 2.05) is 6.08 Å². The number of nitrogens with one attached hydrogen (secondary N) is 1. The van der Waals surface area contributed by atoms with Gasteiger partial charge in [-0.05, 0) is 57.8 Å². The molecule has 80 heavy (non-hydrogen) atoms. The lowest BCUT2D eigenvalue weighted by molar-refractivity contribution is -0.305. The third-order valence-electron chi connectivity index (χ3n) is 16.3. The Hall–Kier alpha value is -2.12. The number of carbonyl (C=O) groups is 2. The van der Waals surface area contributed by atoms with E-state index >= 15 is 0 Å². The number of ether oxygens (including phenoxy) is 3. The molecule has 0 aromatic heterocycles. The molecule has 8 atom stereocenters. The molecule has 1 aliphatic rings. The van der Waals surface area contributed by atoms with Crippen LogP contribution in [0.25, 0.3) is 0 Å². The zero-order valence-electron chi connectivity index (χ0n) is 52.2. The van der Waals surface area contributed by atoms with Crippen molar-refractivity contribution in [1.29, 1.82) is 0 Å². The number of rotatable bonds is 59. The lowest BCUT2D eigenvalue weighted by atomic mass is 9.99. The number of carbonyl (C=O) groups excluding carboxylic acids is 2. The van der Waals surface area contributed by atoms with Crippen LogP contribution < -0.4 is 5.32 Å². The Morgan fingerprint density at radius 2 is 0.863 bits per heavy atom. The molecule has 1 saturated heterocycles. The normalized spacial score (nSPS) is 18.9. The molecule has 6 N–H and O–H groups in total. The van der Waals surface area contributed by atoms with Crippen LogP contribution in [-0.4, -0.2) is 99.6 Å². The van der Waals surface area contributed by atoms with Crippen molar-refractivity contribution in [3.05, 3.63) is 36.5 Å². The van der Waals surface area contributed by atoms with Crippen molar-refractivity contribution in [3.63, 3.8) is 0 Å². The standard InChI is InChI=1S/C69H129NO10/c1-4-7-10-13-16-19-22-25-27-28-29-30-31-32-33-34-35-36-37-39-42-45-48-51-54-57-64(74)80-67-66(76)65(75)63(58-71)79-69(67)78-59-60(61(72)55-52-49-46-43-40-24-21-18-15-12-9-6-3)70-68(77)62(73)56-53-50-47-44-41-38-26-23-20-17-14-11-8-5-2/h16,19,25,27,52,55,60-63,65-67,69,71-73,75-76H,4-15,17-18,20-24,26,28-51,53-54,56-59H2,1-3H3,(H,70,77)/b19-16-,27-25-,55-52+. The minimum absolute atomic E-state index is 0.127. The monoisotopic (exact) mass is 1130 g/mol. The van der Waals surface area contributed by atoms with Gasteiger partial charge in [-0.15, -0.1) is 0 Å². The van der Waals surface area contributed by atoms with Crippen molar-refractivity contribution < 1.29 is 49.3 Å². The summed E-state index contributed by atoms with van der Waals surface area (Å²) >= 11 is 0. The van der Waals surface area contributed by atoms with E-state index in [1.165, 1.54) is 218 Å². The molecular formula is C69H129NO10. The summed E-state index contributed by atoms with van der Waals surface area (Å²) in [6, 6.07) is -1.02. The third kappa shape index (κ3) is 44.4. The zero-order valence-corrected chi connectivity index (χ0v) is 52.2. The summed E-state index contributed by atoms with van der Waals surface area (Å²) in [5.41, 5.74) is 0. The second kappa shape index (κ2) is 57.3. The van der Waals surface area contributed by atoms with Gasteiger partial charge in [-0.2, -0.15) is 0 Å². The molecule has 1 aliphatic heterocycles. The maximum Gasteiger partial charge on any atom is 0.306 e. The van der Waals surface area contributed by atoms with E-state index in [0.29, 0.717) is 19.3 Å². The number of unbranched alkanes of at least 4 members (excludes halogenated alkanes) is 41. The molecule has 0 aliphatic carbocycles. The summed E-state index contributed by atoms with van der Waals surface area (Å²) in [5.74, 6) is -1.18. The second-order valence-corrected chi connectivity index (χ2v) is 23.9. The number of aliphatic hydroxyl groups excluding tert-OH is 5. The number of esters is 1. The number of amides is 1. The molecule has 1 heterocycles. The highest BCUT2D eigenvalue weighted by Crippen LogP contribution is 2.26. The van der Waals surface area contributed by atoms with E-state index in [2.05, 4.69) is 50.4 Å². The fourth-order valence-corrected chi connectivity index (χ4v) is 10.9. The van der Waals surface area contributed by atoms with Gasteiger partial charge in [-0.25, -0.2) is 0 Å². The van der Waals surface area contributed by atoms with Gasteiger partial charge in [0.2, 0.25) is 5.91 Å². The summed E-state index contributed by atoms with van der Waals surface area (Å²) in [6.45, 7) is 5.80. The maximum atomic E-state index is 13.4. The molecule has 8 unspecified atom stereocenters. The van der Waals surface area contributed by atoms with Gasteiger partial charge in [-0.3, -0.25) is 9.59 Å². The Labute approximate surface area is 492 Å². The van der Waals surface area contributed by atoms with Crippen molar-refractivity contribution >= 4 is 11.9 Å². The fourth-order valence-electron chi connectivity index (χ4n) is 10.9. The van der Waals surface area contributed by atoms with E-state index in [9.17, 15) is 35.1 Å². The van der Waals surface area contributed by atoms with Gasteiger partial charge in [-0.1, -0.05) is 301 Å². The molecule has 0 spiro atoms. The van der Waals surface area contributed by atoms with Gasteiger partial charge in [0.05, 0.1) is 25.4 Å². The van der Waals surface area contributed by atoms with Gasteiger partial charge in [0, 0.05) is 6.42 Å². The van der Waals surface area contributed by atoms with Crippen LogP contribution in [0.3, 0.4) is 0 Å². The van der Waals surface area contributed by atoms with Crippen LogP contribution in [0.1, 0.15) is 329 Å². The molecule has 1 rings (SSSR count). The third-order valence-corrected chi connectivity index (χ3v) is 16.3. The van der Waals surface area contributed by atoms with Crippen molar-refractivity contribution in [2.75, 3.05) is 13.2 Å². The van der Waals surface area contributed by atoms with Crippen LogP contribution in [0, 0.1) is 0 Å². The summed E-state index contributed by atoms with van der Waals surface area (Å²) in [5, 5.41) is 57.1. The average Bonchev–Trinajstić information content (AvgIpc) is 3.46. The van der Waals surface area contributed by atoms with Crippen LogP contribution in [0.2, 0.25) is 0 Å².